The van der Waals surface area contributed by atoms with Gasteiger partial charge in [-0.1, -0.05) is 26.0 Å². The molecule has 1 aromatic rings. The Hall–Kier alpha value is -1.31. The fourth-order valence-corrected chi connectivity index (χ4v) is 3.68. The van der Waals surface area contributed by atoms with Gasteiger partial charge >= 0.3 is 0 Å². The van der Waals surface area contributed by atoms with Gasteiger partial charge in [0, 0.05) is 45.3 Å². The lowest BCUT2D eigenvalue weighted by atomic mass is 9.93. The van der Waals surface area contributed by atoms with Gasteiger partial charge in [-0.3, -0.25) is 9.79 Å². The van der Waals surface area contributed by atoms with Gasteiger partial charge in [0.05, 0.1) is 0 Å². The molecule has 0 spiro atoms. The fraction of sp³-hybridized carbons (Fsp3) is 0.600. The number of nitrogens with zero attached hydrogens (tertiary/aromatic N) is 3. The van der Waals surface area contributed by atoms with Crippen molar-refractivity contribution in [3.8, 4) is 0 Å². The molecule has 0 aliphatic carbocycles. The van der Waals surface area contributed by atoms with Crippen LogP contribution in [-0.2, 0) is 11.3 Å². The fourth-order valence-electron chi connectivity index (χ4n) is 3.68. The van der Waals surface area contributed by atoms with E-state index in [0.29, 0.717) is 11.8 Å². The Morgan fingerprint density at radius 3 is 2.50 bits per heavy atom. The summed E-state index contributed by atoms with van der Waals surface area (Å²) in [5, 5.41) is 3.47. The maximum atomic E-state index is 12.0. The third-order valence-corrected chi connectivity index (χ3v) is 5.21. The lowest BCUT2D eigenvalue weighted by Gasteiger charge is -2.27. The minimum absolute atomic E-state index is 0. The van der Waals surface area contributed by atoms with Crippen molar-refractivity contribution in [2.24, 2.45) is 10.4 Å². The number of amides is 1. The summed E-state index contributed by atoms with van der Waals surface area (Å²) >= 11 is 0. The summed E-state index contributed by atoms with van der Waals surface area (Å²) in [5.41, 5.74) is 2.58. The molecule has 2 aliphatic heterocycles. The van der Waals surface area contributed by atoms with E-state index in [2.05, 4.69) is 53.3 Å². The lowest BCUT2D eigenvalue weighted by Crippen LogP contribution is -2.40. The number of hydrogen-bond donors (Lipinski definition) is 1. The number of aliphatic imine (C=N–C) groups is 1. The number of carbonyl (C=O) groups is 1. The third kappa shape index (κ3) is 5.11. The van der Waals surface area contributed by atoms with Crippen LogP contribution in [0.2, 0.25) is 0 Å². The molecule has 0 unspecified atom stereocenters. The van der Waals surface area contributed by atoms with Crippen LogP contribution in [0.25, 0.3) is 0 Å². The van der Waals surface area contributed by atoms with E-state index in [0.717, 1.165) is 50.7 Å². The highest BCUT2D eigenvalue weighted by atomic mass is 127. The van der Waals surface area contributed by atoms with Gasteiger partial charge in [0.15, 0.2) is 5.96 Å². The zero-order chi connectivity index (χ0) is 17.9. The molecule has 0 radical (unpaired) electrons. The van der Waals surface area contributed by atoms with Gasteiger partial charge < -0.3 is 15.1 Å². The number of rotatable bonds is 3. The van der Waals surface area contributed by atoms with Crippen molar-refractivity contribution in [3.63, 3.8) is 0 Å². The highest BCUT2D eigenvalue weighted by molar-refractivity contribution is 14.0. The molecule has 26 heavy (non-hydrogen) atoms. The summed E-state index contributed by atoms with van der Waals surface area (Å²) in [6.45, 7) is 8.30. The molecule has 2 fully saturated rings. The zero-order valence-electron chi connectivity index (χ0n) is 16.1. The number of likely N-dealkylation sites (tertiary alicyclic amines) is 1. The first kappa shape index (κ1) is 21.0. The first-order valence-corrected chi connectivity index (χ1v) is 9.33. The molecule has 144 valence electrons. The summed E-state index contributed by atoms with van der Waals surface area (Å²) in [5.74, 6) is 1.22. The number of carbonyl (C=O) groups excluding carboxylic acids is 1. The summed E-state index contributed by atoms with van der Waals surface area (Å²) in [7, 11) is 1.85. The van der Waals surface area contributed by atoms with Crippen molar-refractivity contribution in [3.05, 3.63) is 29.8 Å². The Kier molecular flexibility index (Phi) is 7.32. The van der Waals surface area contributed by atoms with Gasteiger partial charge in [-0.05, 0) is 42.4 Å². The van der Waals surface area contributed by atoms with E-state index in [-0.39, 0.29) is 29.9 Å². The lowest BCUT2D eigenvalue weighted by molar-refractivity contribution is -0.119. The first-order chi connectivity index (χ1) is 12.0. The number of nitrogens with one attached hydrogen (secondary N) is 1. The van der Waals surface area contributed by atoms with Crippen LogP contribution < -0.4 is 10.2 Å². The predicted molar refractivity (Wildman–Crippen MR) is 118 cm³/mol. The molecule has 5 nitrogen and oxygen atoms in total. The molecule has 1 amide bonds. The van der Waals surface area contributed by atoms with E-state index in [4.69, 9.17) is 0 Å². The van der Waals surface area contributed by atoms with Crippen molar-refractivity contribution < 1.29 is 4.79 Å². The van der Waals surface area contributed by atoms with Crippen LogP contribution in [0.1, 0.15) is 45.1 Å². The Bertz CT molecular complexity index is 642. The normalized spacial score (nSPS) is 20.1. The van der Waals surface area contributed by atoms with E-state index in [1.54, 1.807) is 0 Å². The molecule has 3 rings (SSSR count). The summed E-state index contributed by atoms with van der Waals surface area (Å²) < 4.78 is 0. The minimum Gasteiger partial charge on any atom is -0.352 e. The second-order valence-electron chi connectivity index (χ2n) is 7.91. The standard InChI is InChI=1S/C20H30N4O.HI/c1-20(2)11-13-23(15-20)19(21-3)22-14-16-7-9-17(10-8-16)24-12-5-4-6-18(24)25;/h7-10H,4-6,11-15H2,1-3H3,(H,21,22);1H. The van der Waals surface area contributed by atoms with Crippen LogP contribution in [0.4, 0.5) is 5.69 Å². The number of anilines is 1. The Balaban J connectivity index is 0.00000243. The molecule has 1 aromatic carbocycles. The SMILES string of the molecule is CN=C(NCc1ccc(N2CCCCC2=O)cc1)N1CCC(C)(C)C1.I. The monoisotopic (exact) mass is 470 g/mol. The Morgan fingerprint density at radius 1 is 1.19 bits per heavy atom. The van der Waals surface area contributed by atoms with Crippen LogP contribution in [0, 0.1) is 5.41 Å². The maximum Gasteiger partial charge on any atom is 0.226 e. The molecule has 2 aliphatic rings. The van der Waals surface area contributed by atoms with Crippen LogP contribution in [0.3, 0.4) is 0 Å². The second-order valence-corrected chi connectivity index (χ2v) is 7.91. The van der Waals surface area contributed by atoms with E-state index >= 15 is 0 Å². The molecule has 0 bridgehead atoms. The molecule has 6 heteroatoms. The predicted octanol–water partition coefficient (Wildman–Crippen LogP) is 3.63. The van der Waals surface area contributed by atoms with Crippen molar-refractivity contribution in [1.82, 2.24) is 10.2 Å². The van der Waals surface area contributed by atoms with Gasteiger partial charge in [-0.2, -0.15) is 0 Å². The van der Waals surface area contributed by atoms with Gasteiger partial charge in [-0.25, -0.2) is 0 Å². The van der Waals surface area contributed by atoms with Gasteiger partial charge in [0.2, 0.25) is 5.91 Å². The quantitative estimate of drug-likeness (QED) is 0.417. The molecular formula is C20H31IN4O. The van der Waals surface area contributed by atoms with Gasteiger partial charge in [0.25, 0.3) is 0 Å². The Morgan fingerprint density at radius 2 is 1.92 bits per heavy atom. The van der Waals surface area contributed by atoms with E-state index in [1.807, 2.05) is 11.9 Å². The minimum atomic E-state index is 0. The highest BCUT2D eigenvalue weighted by Gasteiger charge is 2.30. The average Bonchev–Trinajstić information content (AvgIpc) is 2.96. The molecule has 1 N–H and O–H groups in total. The van der Waals surface area contributed by atoms with Crippen LogP contribution >= 0.6 is 24.0 Å². The van der Waals surface area contributed by atoms with Crippen molar-refractivity contribution in [1.29, 1.82) is 0 Å². The van der Waals surface area contributed by atoms with Crippen LogP contribution in [-0.4, -0.2) is 43.4 Å². The van der Waals surface area contributed by atoms with E-state index in [1.165, 1.54) is 12.0 Å². The molecule has 0 atom stereocenters. The number of piperidine rings is 1. The summed E-state index contributed by atoms with van der Waals surface area (Å²) in [4.78, 5) is 20.7. The highest BCUT2D eigenvalue weighted by Crippen LogP contribution is 2.28. The van der Waals surface area contributed by atoms with Gasteiger partial charge in [-0.15, -0.1) is 24.0 Å². The molecular weight excluding hydrogens is 439 g/mol. The first-order valence-electron chi connectivity index (χ1n) is 9.33. The summed E-state index contributed by atoms with van der Waals surface area (Å²) in [6.07, 6.45) is 3.99. The number of benzene rings is 1. The molecule has 0 aromatic heterocycles. The van der Waals surface area contributed by atoms with Crippen molar-refractivity contribution in [2.45, 2.75) is 46.1 Å². The largest absolute Gasteiger partial charge is 0.352 e. The van der Waals surface area contributed by atoms with Crippen LogP contribution in [0.15, 0.2) is 29.3 Å². The smallest absolute Gasteiger partial charge is 0.226 e. The maximum absolute atomic E-state index is 12.0. The third-order valence-electron chi connectivity index (χ3n) is 5.21. The summed E-state index contributed by atoms with van der Waals surface area (Å²) in [6, 6.07) is 8.32. The number of hydrogen-bond acceptors (Lipinski definition) is 2. The molecule has 0 saturated carbocycles. The molecule has 2 saturated heterocycles. The van der Waals surface area contributed by atoms with Crippen LogP contribution in [0.5, 0.6) is 0 Å². The number of guanidine groups is 1. The number of halogens is 1. The Labute approximate surface area is 174 Å². The molecule has 2 heterocycles. The van der Waals surface area contributed by atoms with E-state index < -0.39 is 0 Å². The second kappa shape index (κ2) is 9.06. The van der Waals surface area contributed by atoms with Crippen molar-refractivity contribution >= 4 is 41.5 Å². The van der Waals surface area contributed by atoms with Crippen molar-refractivity contribution in [2.75, 3.05) is 31.6 Å². The average molecular weight is 470 g/mol. The van der Waals surface area contributed by atoms with Gasteiger partial charge in [0.1, 0.15) is 0 Å². The topological polar surface area (TPSA) is 47.9 Å². The zero-order valence-corrected chi connectivity index (χ0v) is 18.5. The van der Waals surface area contributed by atoms with E-state index in [9.17, 15) is 4.79 Å².